The zero-order chi connectivity index (χ0) is 43.9. The van der Waals surface area contributed by atoms with Crippen LogP contribution in [0.5, 0.6) is 0 Å². The molecule has 3 N–H and O–H groups in total. The molecule has 0 aromatic rings. The van der Waals surface area contributed by atoms with Gasteiger partial charge in [0, 0.05) is 39.7 Å². The zero-order valence-corrected chi connectivity index (χ0v) is 36.5. The molecule has 338 valence electrons. The Kier molecular flexibility index (Phi) is 17.9. The van der Waals surface area contributed by atoms with E-state index in [1.165, 1.54) is 14.0 Å². The summed E-state index contributed by atoms with van der Waals surface area (Å²) in [4.78, 5) is 52.5. The Morgan fingerprint density at radius 1 is 0.983 bits per heavy atom. The van der Waals surface area contributed by atoms with Crippen molar-refractivity contribution in [2.75, 3.05) is 21.2 Å². The first-order valence-corrected chi connectivity index (χ1v) is 20.9. The fraction of sp³-hybridized carbons (Fsp3) is 0.857. The monoisotopic (exact) mass is 843 g/mol. The highest BCUT2D eigenvalue weighted by atomic mass is 16.7. The molecule has 3 fully saturated rings. The Morgan fingerprint density at radius 2 is 1.68 bits per heavy atom. The molecular weight excluding hydrogens is 774 g/mol. The van der Waals surface area contributed by atoms with Crippen LogP contribution in [0.15, 0.2) is 12.2 Å². The van der Waals surface area contributed by atoms with Crippen molar-refractivity contribution in [2.45, 2.75) is 191 Å². The molecule has 0 aromatic carbocycles. The van der Waals surface area contributed by atoms with Crippen molar-refractivity contribution >= 4 is 24.2 Å². The van der Waals surface area contributed by atoms with Gasteiger partial charge in [0.05, 0.1) is 43.0 Å². The number of methoxy groups -OCH3 is 1. The molecule has 0 aliphatic carbocycles. The molecule has 0 aromatic heterocycles. The number of fused-ring (bicyclic) bond motifs is 1. The van der Waals surface area contributed by atoms with Crippen LogP contribution in [0.3, 0.4) is 0 Å². The normalized spacial score (nSPS) is 43.0. The summed E-state index contributed by atoms with van der Waals surface area (Å²) >= 11 is 0. The standard InChI is InChI=1S/C42H69NO16/c1-21(2)16-32(47)57-40-25(6)53-34(20-42(40,8)50)58-37-24(5)54-41(36(49)35(37)43(9)10)59-38-27(14-15-44)17-22(3)28(46)12-13-29-30(56-29)18-23(4)52-33(48)19-31(39(38)51-11)55-26(7)45/h12-13,15,21-25,27-31,34-41,46,49-50H,14,16-20H2,1-11H3/b13-12+/t22-,23-,24-,25+,27+,28+,29+,30+,31-,34+,35-,36-,37-,38+,39+,40+,41+,42-/m1/s1. The van der Waals surface area contributed by atoms with Gasteiger partial charge in [-0.1, -0.05) is 32.9 Å². The van der Waals surface area contributed by atoms with E-state index in [0.717, 1.165) is 0 Å². The molecule has 4 rings (SSSR count). The van der Waals surface area contributed by atoms with Crippen LogP contribution in [-0.4, -0.2) is 163 Å². The Bertz CT molecular complexity index is 1420. The van der Waals surface area contributed by atoms with E-state index in [-0.39, 0.29) is 43.8 Å². The number of ether oxygens (including phenoxy) is 9. The second-order valence-electron chi connectivity index (χ2n) is 17.7. The number of likely N-dealkylation sites (N-methyl/N-ethyl adjacent to an activating group) is 1. The maximum atomic E-state index is 13.3. The average Bonchev–Trinajstić information content (AvgIpc) is 3.85. The SMILES string of the molecule is CO[C@@H]1[C@@H](O[C@@H]2O[C@H](C)[C@@H](O[C@H]3C[C@@](C)(O)[C@@H](OC(=O)CC(C)C)[C@H](C)O3)[C@H](N(C)C)[C@H]2O)[C@@H](CC=O)C[C@@H](C)[C@@H](O)/C=C/[C@@H]2O[C@H]2C[C@@H](C)OC(=O)C[C@H]1OC(C)=O. The molecule has 0 unspecified atom stereocenters. The minimum absolute atomic E-state index is 0.0481. The Morgan fingerprint density at radius 3 is 2.27 bits per heavy atom. The number of epoxide rings is 1. The van der Waals surface area contributed by atoms with E-state index in [2.05, 4.69) is 0 Å². The third kappa shape index (κ3) is 13.5. The lowest BCUT2D eigenvalue weighted by Crippen LogP contribution is -2.66. The van der Waals surface area contributed by atoms with Gasteiger partial charge < -0.3 is 67.6 Å². The van der Waals surface area contributed by atoms with Crippen molar-refractivity contribution in [1.29, 1.82) is 0 Å². The zero-order valence-electron chi connectivity index (χ0n) is 36.5. The number of hydrogen-bond donors (Lipinski definition) is 3. The number of nitrogens with zero attached hydrogens (tertiary/aromatic N) is 1. The van der Waals surface area contributed by atoms with Crippen LogP contribution in [0.4, 0.5) is 0 Å². The molecule has 0 spiro atoms. The molecule has 4 aliphatic heterocycles. The lowest BCUT2D eigenvalue weighted by molar-refractivity contribution is -0.344. The fourth-order valence-corrected chi connectivity index (χ4v) is 8.62. The third-order valence-corrected chi connectivity index (χ3v) is 11.6. The van der Waals surface area contributed by atoms with Crippen LogP contribution in [0.1, 0.15) is 93.9 Å². The minimum Gasteiger partial charge on any atom is -0.462 e. The number of aliphatic hydroxyl groups is 3. The molecule has 0 amide bonds. The molecule has 18 atom stereocenters. The summed E-state index contributed by atoms with van der Waals surface area (Å²) in [6, 6.07) is -0.786. The Labute approximate surface area is 348 Å². The Hall–Kier alpha value is -2.58. The van der Waals surface area contributed by atoms with Crippen molar-refractivity contribution in [2.24, 2.45) is 17.8 Å². The van der Waals surface area contributed by atoms with Gasteiger partial charge >= 0.3 is 17.9 Å². The molecular formula is C42H69NO16. The van der Waals surface area contributed by atoms with E-state index in [1.807, 2.05) is 20.8 Å². The maximum Gasteiger partial charge on any atom is 0.309 e. The van der Waals surface area contributed by atoms with Gasteiger partial charge in [0.1, 0.15) is 48.5 Å². The summed E-state index contributed by atoms with van der Waals surface area (Å²) in [5.74, 6) is -2.85. The molecule has 0 bridgehead atoms. The molecule has 3 saturated heterocycles. The molecule has 17 nitrogen and oxygen atoms in total. The van der Waals surface area contributed by atoms with Crippen molar-refractivity contribution in [3.8, 4) is 0 Å². The van der Waals surface area contributed by atoms with Crippen molar-refractivity contribution < 1.29 is 77.1 Å². The Balaban J connectivity index is 1.63. The van der Waals surface area contributed by atoms with Gasteiger partial charge in [-0.2, -0.15) is 0 Å². The van der Waals surface area contributed by atoms with Crippen LogP contribution in [-0.2, 0) is 61.8 Å². The predicted molar refractivity (Wildman–Crippen MR) is 209 cm³/mol. The van der Waals surface area contributed by atoms with E-state index in [9.17, 15) is 34.5 Å². The summed E-state index contributed by atoms with van der Waals surface area (Å²) in [6.45, 7) is 13.5. The summed E-state index contributed by atoms with van der Waals surface area (Å²) in [5.41, 5.74) is -1.50. The number of cyclic esters (lactones) is 1. The highest BCUT2D eigenvalue weighted by Gasteiger charge is 2.53. The van der Waals surface area contributed by atoms with Gasteiger partial charge in [0.2, 0.25) is 0 Å². The minimum atomic E-state index is -1.50. The molecule has 4 heterocycles. The lowest BCUT2D eigenvalue weighted by Gasteiger charge is -2.50. The smallest absolute Gasteiger partial charge is 0.309 e. The van der Waals surface area contributed by atoms with Crippen LogP contribution in [0.2, 0.25) is 0 Å². The summed E-state index contributed by atoms with van der Waals surface area (Å²) in [6.07, 6.45) is -8.10. The van der Waals surface area contributed by atoms with Gasteiger partial charge in [-0.3, -0.25) is 14.4 Å². The van der Waals surface area contributed by atoms with E-state index >= 15 is 0 Å². The van der Waals surface area contributed by atoms with E-state index in [0.29, 0.717) is 12.7 Å². The number of carbonyl (C=O) groups excluding carboxylic acids is 4. The third-order valence-electron chi connectivity index (χ3n) is 11.6. The first-order chi connectivity index (χ1) is 27.6. The first kappa shape index (κ1) is 49.1. The van der Waals surface area contributed by atoms with Crippen LogP contribution in [0, 0.1) is 17.8 Å². The van der Waals surface area contributed by atoms with Crippen molar-refractivity contribution in [3.63, 3.8) is 0 Å². The van der Waals surface area contributed by atoms with Gasteiger partial charge in [0.15, 0.2) is 18.7 Å². The number of carbonyl (C=O) groups is 4. The average molecular weight is 844 g/mol. The lowest BCUT2D eigenvalue weighted by atomic mass is 9.82. The second kappa shape index (κ2) is 21.5. The van der Waals surface area contributed by atoms with E-state index in [4.69, 9.17) is 42.6 Å². The largest absolute Gasteiger partial charge is 0.462 e. The summed E-state index contributed by atoms with van der Waals surface area (Å²) in [5, 5.41) is 34.8. The number of esters is 3. The van der Waals surface area contributed by atoms with Gasteiger partial charge in [-0.05, 0) is 66.0 Å². The fourth-order valence-electron chi connectivity index (χ4n) is 8.62. The highest BCUT2D eigenvalue weighted by Crippen LogP contribution is 2.38. The summed E-state index contributed by atoms with van der Waals surface area (Å²) in [7, 11) is 4.85. The molecule has 0 saturated carbocycles. The molecule has 17 heteroatoms. The second-order valence-corrected chi connectivity index (χ2v) is 17.7. The topological polar surface area (TPSA) is 219 Å². The highest BCUT2D eigenvalue weighted by molar-refractivity contribution is 5.72. The van der Waals surface area contributed by atoms with Gasteiger partial charge in [-0.25, -0.2) is 0 Å². The van der Waals surface area contributed by atoms with Gasteiger partial charge in [0.25, 0.3) is 0 Å². The quantitative estimate of drug-likeness (QED) is 0.0844. The first-order valence-electron chi connectivity index (χ1n) is 20.9. The van der Waals surface area contributed by atoms with Crippen LogP contribution >= 0.6 is 0 Å². The molecule has 0 radical (unpaired) electrons. The predicted octanol–water partition coefficient (Wildman–Crippen LogP) is 2.22. The van der Waals surface area contributed by atoms with Crippen molar-refractivity contribution in [3.05, 3.63) is 12.2 Å². The number of hydrogen-bond acceptors (Lipinski definition) is 17. The van der Waals surface area contributed by atoms with Crippen molar-refractivity contribution in [1.82, 2.24) is 4.90 Å². The van der Waals surface area contributed by atoms with Crippen LogP contribution in [0.25, 0.3) is 0 Å². The van der Waals surface area contributed by atoms with E-state index in [1.54, 1.807) is 58.8 Å². The number of aliphatic hydroxyl groups excluding tert-OH is 2. The van der Waals surface area contributed by atoms with Gasteiger partial charge in [-0.15, -0.1) is 0 Å². The van der Waals surface area contributed by atoms with Crippen LogP contribution < -0.4 is 0 Å². The molecule has 59 heavy (non-hydrogen) atoms. The number of rotatable bonds is 12. The number of aldehydes is 1. The maximum absolute atomic E-state index is 13.3. The van der Waals surface area contributed by atoms with E-state index < -0.39 is 121 Å². The molecule has 4 aliphatic rings. The summed E-state index contributed by atoms with van der Waals surface area (Å²) < 4.78 is 54.4.